The molecule has 0 bridgehead atoms. The van der Waals surface area contributed by atoms with E-state index in [0.29, 0.717) is 11.1 Å². The van der Waals surface area contributed by atoms with Crippen LogP contribution in [0.15, 0.2) is 127 Å². The molecule has 0 aliphatic heterocycles. The molecule has 0 spiro atoms. The van der Waals surface area contributed by atoms with Gasteiger partial charge in [-0.1, -0.05) is 120 Å². The van der Waals surface area contributed by atoms with Crippen molar-refractivity contribution in [3.63, 3.8) is 0 Å². The van der Waals surface area contributed by atoms with Crippen LogP contribution in [0.3, 0.4) is 0 Å². The van der Waals surface area contributed by atoms with Gasteiger partial charge in [0, 0.05) is 50.6 Å². The Morgan fingerprint density at radius 1 is 0.316 bits per heavy atom. The van der Waals surface area contributed by atoms with Gasteiger partial charge in [-0.05, 0) is 54.6 Å². The highest BCUT2D eigenvalue weighted by molar-refractivity contribution is 5.63. The molecule has 173 valence electrons. The average molecular weight is 478 g/mol. The lowest BCUT2D eigenvalue weighted by molar-refractivity contribution is 1.49. The largest absolute Gasteiger partial charge is 0.0622 e. The monoisotopic (exact) mass is 477 g/mol. The van der Waals surface area contributed by atoms with E-state index in [2.05, 4.69) is 53.4 Å². The van der Waals surface area contributed by atoms with Crippen LogP contribution >= 0.6 is 0 Å². The Morgan fingerprint density at radius 2 is 0.605 bits per heavy atom. The lowest BCUT2D eigenvalue weighted by Gasteiger charge is -2.03. The van der Waals surface area contributed by atoms with Gasteiger partial charge in [-0.15, -0.1) is 0 Å². The molecule has 5 aromatic carbocycles. The first-order chi connectivity index (χ1) is 18.8. The summed E-state index contributed by atoms with van der Waals surface area (Å²) in [6, 6.07) is 45.0. The zero-order chi connectivity index (χ0) is 25.8. The molecule has 0 aliphatic carbocycles. The van der Waals surface area contributed by atoms with Crippen LogP contribution in [0.1, 0.15) is 44.5 Å². The van der Waals surface area contributed by atoms with Crippen LogP contribution in [0.25, 0.3) is 0 Å². The van der Waals surface area contributed by atoms with Gasteiger partial charge >= 0.3 is 0 Å². The van der Waals surface area contributed by atoms with Gasteiger partial charge in [-0.25, -0.2) is 0 Å². The van der Waals surface area contributed by atoms with Crippen molar-refractivity contribution in [2.45, 2.75) is 0 Å². The summed E-state index contributed by atoms with van der Waals surface area (Å²) >= 11 is 0. The standard InChI is InChI=1S/C38H21/c1-5-13-31(14-6-1)21-25-35-29-37(27-23-33-17-9-3-10-18-33)38(28-24-34-19-11-4-12-20-34)30-36(35)26-22-32-15-7-2-8-16-32/h1-20,29H. The second kappa shape index (κ2) is 12.3. The molecule has 0 fully saturated rings. The molecule has 0 amide bonds. The van der Waals surface area contributed by atoms with E-state index in [4.69, 9.17) is 0 Å². The molecule has 0 nitrogen and oxygen atoms in total. The second-order valence-electron chi connectivity index (χ2n) is 8.31. The number of benzene rings is 5. The van der Waals surface area contributed by atoms with Crippen LogP contribution in [0.2, 0.25) is 0 Å². The normalized spacial score (nSPS) is 9.26. The van der Waals surface area contributed by atoms with Gasteiger partial charge < -0.3 is 0 Å². The second-order valence-corrected chi connectivity index (χ2v) is 8.31. The van der Waals surface area contributed by atoms with Crippen LogP contribution in [0, 0.1) is 53.4 Å². The molecule has 0 unspecified atom stereocenters. The van der Waals surface area contributed by atoms with Gasteiger partial charge in [-0.2, -0.15) is 0 Å². The van der Waals surface area contributed by atoms with E-state index in [1.54, 1.807) is 0 Å². The summed E-state index contributed by atoms with van der Waals surface area (Å²) in [7, 11) is 0. The fourth-order valence-electron chi connectivity index (χ4n) is 3.58. The third-order valence-electron chi connectivity index (χ3n) is 5.52. The Balaban J connectivity index is 1.67. The molecule has 0 N–H and O–H groups in total. The maximum atomic E-state index is 3.44. The molecule has 5 aromatic rings. The Labute approximate surface area is 225 Å². The summed E-state index contributed by atoms with van der Waals surface area (Å²) < 4.78 is 0. The Morgan fingerprint density at radius 3 is 0.921 bits per heavy atom. The molecular weight excluding hydrogens is 456 g/mol. The van der Waals surface area contributed by atoms with Gasteiger partial charge in [0.2, 0.25) is 0 Å². The van der Waals surface area contributed by atoms with Crippen LogP contribution in [0.5, 0.6) is 0 Å². The summed E-state index contributed by atoms with van der Waals surface area (Å²) in [5.74, 6) is 26.2. The van der Waals surface area contributed by atoms with Crippen LogP contribution < -0.4 is 0 Å². The molecule has 38 heavy (non-hydrogen) atoms. The van der Waals surface area contributed by atoms with Gasteiger partial charge in [0.1, 0.15) is 0 Å². The summed E-state index contributed by atoms with van der Waals surface area (Å²) in [5, 5.41) is 0. The van der Waals surface area contributed by atoms with Crippen LogP contribution in [-0.4, -0.2) is 0 Å². The van der Waals surface area contributed by atoms with E-state index in [9.17, 15) is 0 Å². The summed E-state index contributed by atoms with van der Waals surface area (Å²) in [4.78, 5) is 0. The maximum Gasteiger partial charge on any atom is 0.0498 e. The molecule has 0 aromatic heterocycles. The van der Waals surface area contributed by atoms with E-state index in [1.807, 2.05) is 127 Å². The first-order valence-electron chi connectivity index (χ1n) is 12.2. The third kappa shape index (κ3) is 6.72. The predicted molar refractivity (Wildman–Crippen MR) is 155 cm³/mol. The zero-order valence-electron chi connectivity index (χ0n) is 20.6. The number of hydrogen-bond acceptors (Lipinski definition) is 0. The van der Waals surface area contributed by atoms with Crippen molar-refractivity contribution in [1.82, 2.24) is 0 Å². The smallest absolute Gasteiger partial charge is 0.0498 e. The number of hydrogen-bond donors (Lipinski definition) is 0. The molecular formula is C38H21. The average Bonchev–Trinajstić information content (AvgIpc) is 2.99. The molecule has 0 aliphatic rings. The van der Waals surface area contributed by atoms with Crippen molar-refractivity contribution in [3.8, 4) is 47.4 Å². The van der Waals surface area contributed by atoms with Crippen molar-refractivity contribution >= 4 is 0 Å². The first-order valence-corrected chi connectivity index (χ1v) is 12.2. The number of rotatable bonds is 0. The minimum absolute atomic E-state index is 0.694. The van der Waals surface area contributed by atoms with Crippen molar-refractivity contribution in [3.05, 3.63) is 178 Å². The minimum Gasteiger partial charge on any atom is -0.0622 e. The van der Waals surface area contributed by atoms with E-state index >= 15 is 0 Å². The Bertz CT molecular complexity index is 1510. The summed E-state index contributed by atoms with van der Waals surface area (Å²) in [6.45, 7) is 0. The third-order valence-corrected chi connectivity index (χ3v) is 5.52. The first kappa shape index (κ1) is 24.1. The van der Waals surface area contributed by atoms with Gasteiger partial charge in [-0.3, -0.25) is 0 Å². The maximum absolute atomic E-state index is 3.44. The van der Waals surface area contributed by atoms with Gasteiger partial charge in [0.05, 0.1) is 0 Å². The molecule has 0 heteroatoms. The fourth-order valence-corrected chi connectivity index (χ4v) is 3.58. The fraction of sp³-hybridized carbons (Fsp3) is 0. The molecule has 0 saturated heterocycles. The van der Waals surface area contributed by atoms with E-state index in [1.165, 1.54) is 0 Å². The minimum atomic E-state index is 0.694. The Kier molecular flexibility index (Phi) is 7.81. The highest BCUT2D eigenvalue weighted by Gasteiger charge is 2.07. The molecule has 0 saturated carbocycles. The molecule has 0 atom stereocenters. The van der Waals surface area contributed by atoms with Gasteiger partial charge in [0.25, 0.3) is 0 Å². The molecule has 5 rings (SSSR count). The summed E-state index contributed by atoms with van der Waals surface area (Å²) in [6.07, 6.45) is 0. The topological polar surface area (TPSA) is 0 Å². The highest BCUT2D eigenvalue weighted by Crippen LogP contribution is 2.16. The van der Waals surface area contributed by atoms with Crippen LogP contribution in [0.4, 0.5) is 0 Å². The SMILES string of the molecule is C(#Cc1[c]c(C#Cc2ccccc2)c(C#Cc2ccccc2)cc1C#Cc1ccccc1)c1ccccc1. The predicted octanol–water partition coefficient (Wildman–Crippen LogP) is 7.09. The molecule has 1 radical (unpaired) electrons. The highest BCUT2D eigenvalue weighted by atomic mass is 14.1. The van der Waals surface area contributed by atoms with Gasteiger partial charge in [0.15, 0.2) is 0 Å². The van der Waals surface area contributed by atoms with Crippen molar-refractivity contribution in [2.75, 3.05) is 0 Å². The lowest BCUT2D eigenvalue weighted by atomic mass is 9.97. The Hall–Kier alpha value is -5.66. The lowest BCUT2D eigenvalue weighted by Crippen LogP contribution is -1.94. The van der Waals surface area contributed by atoms with E-state index < -0.39 is 0 Å². The zero-order valence-corrected chi connectivity index (χ0v) is 20.6. The quantitative estimate of drug-likeness (QED) is 0.209. The van der Waals surface area contributed by atoms with Crippen molar-refractivity contribution in [2.24, 2.45) is 0 Å². The van der Waals surface area contributed by atoms with Crippen molar-refractivity contribution in [1.29, 1.82) is 0 Å². The molecule has 0 heterocycles. The summed E-state index contributed by atoms with van der Waals surface area (Å²) in [5.41, 5.74) is 6.62. The van der Waals surface area contributed by atoms with E-state index in [0.717, 1.165) is 33.4 Å². The van der Waals surface area contributed by atoms with Crippen molar-refractivity contribution < 1.29 is 0 Å². The van der Waals surface area contributed by atoms with E-state index in [-0.39, 0.29) is 0 Å². The van der Waals surface area contributed by atoms with Crippen LogP contribution in [-0.2, 0) is 0 Å².